The third-order valence-electron chi connectivity index (χ3n) is 3.34. The maximum absolute atomic E-state index is 13.6. The van der Waals surface area contributed by atoms with Gasteiger partial charge in [0.25, 0.3) is 0 Å². The van der Waals surface area contributed by atoms with E-state index in [-0.39, 0.29) is 11.1 Å². The highest BCUT2D eigenvalue weighted by Gasteiger charge is 2.35. The fourth-order valence-corrected chi connectivity index (χ4v) is 4.23. The molecule has 116 valence electrons. The molecule has 1 aliphatic rings. The first kappa shape index (κ1) is 15.5. The number of hydrogen-bond acceptors (Lipinski definition) is 4. The van der Waals surface area contributed by atoms with Crippen molar-refractivity contribution in [3.8, 4) is 0 Å². The summed E-state index contributed by atoms with van der Waals surface area (Å²) in [6, 6.07) is 7.70. The topological polar surface area (TPSA) is 49.7 Å². The summed E-state index contributed by atoms with van der Waals surface area (Å²) in [5.41, 5.74) is 1.06. The van der Waals surface area contributed by atoms with E-state index in [4.69, 9.17) is 11.6 Å². The van der Waals surface area contributed by atoms with Gasteiger partial charge in [-0.05, 0) is 23.6 Å². The highest BCUT2D eigenvalue weighted by Crippen LogP contribution is 2.36. The van der Waals surface area contributed by atoms with Crippen LogP contribution in [0.4, 0.5) is 4.39 Å². The van der Waals surface area contributed by atoms with Crippen molar-refractivity contribution in [2.24, 2.45) is 5.10 Å². The summed E-state index contributed by atoms with van der Waals surface area (Å²) in [7, 11) is -3.50. The Bertz CT molecular complexity index is 835. The van der Waals surface area contributed by atoms with Crippen molar-refractivity contribution < 1.29 is 12.8 Å². The maximum Gasteiger partial charge on any atom is 0.247 e. The number of sulfonamides is 1. The standard InChI is InChI=1S/C14H12ClFN2O2S2/c1-22(19,20)18-13(14-3-2-6-21-14)8-12(17-18)9-4-5-10(15)11(16)7-9/h2-7,13H,8H2,1H3. The summed E-state index contributed by atoms with van der Waals surface area (Å²) >= 11 is 7.15. The molecule has 1 aliphatic heterocycles. The zero-order valence-electron chi connectivity index (χ0n) is 11.5. The van der Waals surface area contributed by atoms with Crippen LogP contribution in [0.25, 0.3) is 0 Å². The lowest BCUT2D eigenvalue weighted by Gasteiger charge is -2.19. The third kappa shape index (κ3) is 2.88. The molecule has 8 heteroatoms. The van der Waals surface area contributed by atoms with Crippen molar-refractivity contribution in [2.45, 2.75) is 12.5 Å². The lowest BCUT2D eigenvalue weighted by molar-refractivity contribution is 0.379. The molecule has 0 N–H and O–H groups in total. The Labute approximate surface area is 136 Å². The van der Waals surface area contributed by atoms with E-state index in [2.05, 4.69) is 5.10 Å². The lowest BCUT2D eigenvalue weighted by Crippen LogP contribution is -2.25. The van der Waals surface area contributed by atoms with Gasteiger partial charge in [0.1, 0.15) is 11.9 Å². The molecule has 1 aromatic carbocycles. The molecule has 0 bridgehead atoms. The van der Waals surface area contributed by atoms with Crippen molar-refractivity contribution in [1.82, 2.24) is 4.41 Å². The Morgan fingerprint density at radius 2 is 2.18 bits per heavy atom. The molecular formula is C14H12ClFN2O2S2. The highest BCUT2D eigenvalue weighted by atomic mass is 35.5. The molecule has 1 unspecified atom stereocenters. The van der Waals surface area contributed by atoms with E-state index < -0.39 is 15.8 Å². The zero-order chi connectivity index (χ0) is 15.9. The van der Waals surface area contributed by atoms with Crippen LogP contribution in [0.15, 0.2) is 40.8 Å². The molecule has 0 fully saturated rings. The molecule has 0 saturated heterocycles. The molecule has 0 radical (unpaired) electrons. The lowest BCUT2D eigenvalue weighted by atomic mass is 10.0. The summed E-state index contributed by atoms with van der Waals surface area (Å²) in [5, 5.41) is 6.11. The van der Waals surface area contributed by atoms with Gasteiger partial charge in [-0.15, -0.1) is 11.3 Å². The molecule has 1 aromatic heterocycles. The molecule has 1 atom stereocenters. The van der Waals surface area contributed by atoms with Crippen LogP contribution < -0.4 is 0 Å². The number of thiophene rings is 1. The molecule has 0 saturated carbocycles. The van der Waals surface area contributed by atoms with E-state index in [0.717, 1.165) is 15.5 Å². The van der Waals surface area contributed by atoms with E-state index in [1.54, 1.807) is 6.07 Å². The van der Waals surface area contributed by atoms with E-state index in [1.807, 2.05) is 17.5 Å². The van der Waals surface area contributed by atoms with Crippen molar-refractivity contribution in [1.29, 1.82) is 0 Å². The summed E-state index contributed by atoms with van der Waals surface area (Å²) in [6.07, 6.45) is 1.51. The molecule has 0 spiro atoms. The number of hydrazone groups is 1. The fraction of sp³-hybridized carbons (Fsp3) is 0.214. The predicted octanol–water partition coefficient (Wildman–Crippen LogP) is 3.65. The number of hydrogen-bond donors (Lipinski definition) is 0. The summed E-state index contributed by atoms with van der Waals surface area (Å²) in [6.45, 7) is 0. The van der Waals surface area contributed by atoms with Crippen LogP contribution in [0.1, 0.15) is 22.9 Å². The predicted molar refractivity (Wildman–Crippen MR) is 86.3 cm³/mol. The van der Waals surface area contributed by atoms with Gasteiger partial charge in [-0.3, -0.25) is 0 Å². The smallest absolute Gasteiger partial charge is 0.205 e. The number of rotatable bonds is 3. The Morgan fingerprint density at radius 3 is 2.77 bits per heavy atom. The van der Waals surface area contributed by atoms with Gasteiger partial charge in [0.05, 0.1) is 17.0 Å². The van der Waals surface area contributed by atoms with Gasteiger partial charge < -0.3 is 0 Å². The van der Waals surface area contributed by atoms with Gasteiger partial charge in [-0.2, -0.15) is 9.52 Å². The van der Waals surface area contributed by atoms with Gasteiger partial charge in [0.2, 0.25) is 10.0 Å². The Balaban J connectivity index is 2.01. The molecule has 2 heterocycles. The SMILES string of the molecule is CS(=O)(=O)N1N=C(c2ccc(Cl)c(F)c2)CC1c1cccs1. The summed E-state index contributed by atoms with van der Waals surface area (Å²) in [5.74, 6) is -0.549. The van der Waals surface area contributed by atoms with Crippen LogP contribution >= 0.6 is 22.9 Å². The zero-order valence-corrected chi connectivity index (χ0v) is 13.9. The molecule has 0 amide bonds. The van der Waals surface area contributed by atoms with Crippen LogP contribution in [0.2, 0.25) is 5.02 Å². The van der Waals surface area contributed by atoms with Crippen molar-refractivity contribution in [2.75, 3.05) is 6.26 Å². The number of benzene rings is 1. The highest BCUT2D eigenvalue weighted by molar-refractivity contribution is 7.88. The fourth-order valence-electron chi connectivity index (χ4n) is 2.34. The van der Waals surface area contributed by atoms with Gasteiger partial charge in [-0.25, -0.2) is 12.8 Å². The second-order valence-corrected chi connectivity index (χ2v) is 8.17. The van der Waals surface area contributed by atoms with Gasteiger partial charge in [0.15, 0.2) is 0 Å². The minimum atomic E-state index is -3.50. The van der Waals surface area contributed by atoms with E-state index in [1.165, 1.54) is 23.5 Å². The second-order valence-electron chi connectivity index (χ2n) is 4.95. The summed E-state index contributed by atoms with van der Waals surface area (Å²) in [4.78, 5) is 0.901. The number of nitrogens with zero attached hydrogens (tertiary/aromatic N) is 2. The Kier molecular flexibility index (Phi) is 3.96. The van der Waals surface area contributed by atoms with Crippen LogP contribution in [0.3, 0.4) is 0 Å². The van der Waals surface area contributed by atoms with Gasteiger partial charge in [0, 0.05) is 16.9 Å². The second kappa shape index (κ2) is 5.64. The van der Waals surface area contributed by atoms with E-state index >= 15 is 0 Å². The first-order valence-electron chi connectivity index (χ1n) is 6.42. The van der Waals surface area contributed by atoms with Gasteiger partial charge >= 0.3 is 0 Å². The van der Waals surface area contributed by atoms with E-state index in [9.17, 15) is 12.8 Å². The first-order chi connectivity index (χ1) is 10.4. The first-order valence-corrected chi connectivity index (χ1v) is 9.52. The summed E-state index contributed by atoms with van der Waals surface area (Å²) < 4.78 is 38.6. The van der Waals surface area contributed by atoms with E-state index in [0.29, 0.717) is 17.7 Å². The Hall–Kier alpha value is -1.44. The minimum absolute atomic E-state index is 0.0251. The average molecular weight is 359 g/mol. The number of halogens is 2. The third-order valence-corrected chi connectivity index (χ3v) is 5.63. The maximum atomic E-state index is 13.6. The van der Waals surface area contributed by atoms with Crippen LogP contribution in [0, 0.1) is 5.82 Å². The molecule has 3 rings (SSSR count). The quantitative estimate of drug-likeness (QED) is 0.840. The molecule has 4 nitrogen and oxygen atoms in total. The van der Waals surface area contributed by atoms with Crippen LogP contribution in [0.5, 0.6) is 0 Å². The monoisotopic (exact) mass is 358 g/mol. The molecule has 2 aromatic rings. The van der Waals surface area contributed by atoms with Gasteiger partial charge in [-0.1, -0.05) is 23.7 Å². The van der Waals surface area contributed by atoms with Crippen molar-refractivity contribution in [3.05, 3.63) is 57.0 Å². The Morgan fingerprint density at radius 1 is 1.41 bits per heavy atom. The minimum Gasteiger partial charge on any atom is -0.205 e. The normalized spacial score (nSPS) is 18.6. The molecule has 0 aliphatic carbocycles. The van der Waals surface area contributed by atoms with Crippen LogP contribution in [-0.2, 0) is 10.0 Å². The largest absolute Gasteiger partial charge is 0.247 e. The average Bonchev–Trinajstić information content (AvgIpc) is 3.08. The molecule has 22 heavy (non-hydrogen) atoms. The van der Waals surface area contributed by atoms with Crippen molar-refractivity contribution >= 4 is 38.7 Å². The van der Waals surface area contributed by atoms with Crippen LogP contribution in [-0.4, -0.2) is 24.8 Å². The van der Waals surface area contributed by atoms with Crippen molar-refractivity contribution in [3.63, 3.8) is 0 Å². The molecular weight excluding hydrogens is 347 g/mol.